The number of benzene rings is 1. The van der Waals surface area contributed by atoms with Crippen LogP contribution in [0.2, 0.25) is 0 Å². The molecule has 4 heteroatoms. The van der Waals surface area contributed by atoms with Crippen molar-refractivity contribution < 1.29 is 14.3 Å². The Bertz CT molecular complexity index is 408. The molecular formula is C14H17NO3. The van der Waals surface area contributed by atoms with Crippen LogP contribution >= 0.6 is 0 Å². The molecule has 0 saturated carbocycles. The molecule has 2 saturated heterocycles. The maximum Gasteiger partial charge on any atom is 0.410 e. The van der Waals surface area contributed by atoms with E-state index in [-0.39, 0.29) is 6.09 Å². The SMILES string of the molecule is O=C(OCc1ccccc1)N1CC[C@@H]2O[C@@H]2CC1. The van der Waals surface area contributed by atoms with Gasteiger partial charge in [0.15, 0.2) is 0 Å². The maximum atomic E-state index is 11.9. The smallest absolute Gasteiger partial charge is 0.410 e. The molecule has 1 aromatic rings. The molecule has 2 aliphatic rings. The van der Waals surface area contributed by atoms with Crippen LogP contribution in [0.4, 0.5) is 4.79 Å². The second-order valence-electron chi connectivity index (χ2n) is 4.82. The standard InChI is InChI=1S/C14H17NO3/c16-14(17-10-11-4-2-1-3-5-11)15-8-6-12-13(18-12)7-9-15/h1-5,12-13H,6-10H2/t12-,13+. The number of amides is 1. The third-order valence-electron chi connectivity index (χ3n) is 3.52. The first-order valence-corrected chi connectivity index (χ1v) is 6.44. The topological polar surface area (TPSA) is 42.1 Å². The highest BCUT2D eigenvalue weighted by molar-refractivity contribution is 5.67. The molecule has 2 heterocycles. The highest BCUT2D eigenvalue weighted by Crippen LogP contribution is 2.31. The quantitative estimate of drug-likeness (QED) is 0.752. The lowest BCUT2D eigenvalue weighted by Crippen LogP contribution is -2.33. The van der Waals surface area contributed by atoms with Gasteiger partial charge in [-0.25, -0.2) is 4.79 Å². The third kappa shape index (κ3) is 2.64. The van der Waals surface area contributed by atoms with Crippen LogP contribution in [-0.4, -0.2) is 36.3 Å². The monoisotopic (exact) mass is 247 g/mol. The van der Waals surface area contributed by atoms with Crippen molar-refractivity contribution in [3.05, 3.63) is 35.9 Å². The Hall–Kier alpha value is -1.55. The van der Waals surface area contributed by atoms with E-state index in [1.165, 1.54) is 0 Å². The Kier molecular flexibility index (Phi) is 3.19. The van der Waals surface area contributed by atoms with Gasteiger partial charge in [0, 0.05) is 13.1 Å². The van der Waals surface area contributed by atoms with Gasteiger partial charge in [-0.05, 0) is 18.4 Å². The van der Waals surface area contributed by atoms with Gasteiger partial charge < -0.3 is 14.4 Å². The van der Waals surface area contributed by atoms with Crippen LogP contribution in [0.15, 0.2) is 30.3 Å². The number of nitrogens with zero attached hydrogens (tertiary/aromatic N) is 1. The minimum absolute atomic E-state index is 0.208. The van der Waals surface area contributed by atoms with Gasteiger partial charge in [0.05, 0.1) is 12.2 Å². The first kappa shape index (κ1) is 11.5. The molecular weight excluding hydrogens is 230 g/mol. The van der Waals surface area contributed by atoms with E-state index in [1.807, 2.05) is 30.3 Å². The van der Waals surface area contributed by atoms with Gasteiger partial charge in [-0.2, -0.15) is 0 Å². The van der Waals surface area contributed by atoms with Crippen LogP contribution in [-0.2, 0) is 16.1 Å². The molecule has 0 bridgehead atoms. The van der Waals surface area contributed by atoms with Crippen molar-refractivity contribution in [1.29, 1.82) is 0 Å². The van der Waals surface area contributed by atoms with Crippen molar-refractivity contribution in [2.45, 2.75) is 31.7 Å². The van der Waals surface area contributed by atoms with Crippen molar-refractivity contribution in [3.8, 4) is 0 Å². The summed E-state index contributed by atoms with van der Waals surface area (Å²) in [7, 11) is 0. The van der Waals surface area contributed by atoms with Gasteiger partial charge in [-0.1, -0.05) is 30.3 Å². The first-order valence-electron chi connectivity index (χ1n) is 6.44. The highest BCUT2D eigenvalue weighted by Gasteiger charge is 2.41. The molecule has 1 aromatic carbocycles. The Labute approximate surface area is 106 Å². The summed E-state index contributed by atoms with van der Waals surface area (Å²) in [5, 5.41) is 0. The van der Waals surface area contributed by atoms with Gasteiger partial charge in [0.1, 0.15) is 6.61 Å². The van der Waals surface area contributed by atoms with E-state index in [9.17, 15) is 4.79 Å². The van der Waals surface area contributed by atoms with E-state index in [0.29, 0.717) is 18.8 Å². The summed E-state index contributed by atoms with van der Waals surface area (Å²) in [5.41, 5.74) is 1.02. The van der Waals surface area contributed by atoms with E-state index in [2.05, 4.69) is 0 Å². The van der Waals surface area contributed by atoms with Crippen LogP contribution in [0, 0.1) is 0 Å². The molecule has 3 rings (SSSR count). The summed E-state index contributed by atoms with van der Waals surface area (Å²) in [6.45, 7) is 1.84. The molecule has 4 nitrogen and oxygen atoms in total. The zero-order valence-corrected chi connectivity index (χ0v) is 10.2. The number of carbonyl (C=O) groups excluding carboxylic acids is 1. The van der Waals surface area contributed by atoms with Crippen molar-refractivity contribution >= 4 is 6.09 Å². The summed E-state index contributed by atoms with van der Waals surface area (Å²) in [6.07, 6.45) is 2.44. The Balaban J connectivity index is 1.49. The number of carbonyl (C=O) groups is 1. The first-order chi connectivity index (χ1) is 8.83. The van der Waals surface area contributed by atoms with Crippen molar-refractivity contribution in [1.82, 2.24) is 4.90 Å². The molecule has 0 N–H and O–H groups in total. The fraction of sp³-hybridized carbons (Fsp3) is 0.500. The van der Waals surface area contributed by atoms with E-state index in [0.717, 1.165) is 31.5 Å². The predicted octanol–water partition coefficient (Wildman–Crippen LogP) is 2.19. The van der Waals surface area contributed by atoms with Crippen molar-refractivity contribution in [2.75, 3.05) is 13.1 Å². The molecule has 2 aliphatic heterocycles. The number of likely N-dealkylation sites (tertiary alicyclic amines) is 1. The fourth-order valence-corrected chi connectivity index (χ4v) is 2.36. The number of epoxide rings is 1. The molecule has 96 valence electrons. The normalized spacial score (nSPS) is 26.1. The van der Waals surface area contributed by atoms with Crippen molar-refractivity contribution in [3.63, 3.8) is 0 Å². The minimum Gasteiger partial charge on any atom is -0.445 e. The summed E-state index contributed by atoms with van der Waals surface area (Å²) >= 11 is 0. The predicted molar refractivity (Wildman–Crippen MR) is 66.1 cm³/mol. The molecule has 1 amide bonds. The molecule has 0 radical (unpaired) electrons. The number of rotatable bonds is 2. The lowest BCUT2D eigenvalue weighted by atomic mass is 10.2. The highest BCUT2D eigenvalue weighted by atomic mass is 16.6. The second-order valence-corrected chi connectivity index (χ2v) is 4.82. The molecule has 2 atom stereocenters. The van der Waals surface area contributed by atoms with Gasteiger partial charge >= 0.3 is 6.09 Å². The average Bonchev–Trinajstić information content (AvgIpc) is 3.16. The number of fused-ring (bicyclic) bond motifs is 1. The number of ether oxygens (including phenoxy) is 2. The van der Waals surface area contributed by atoms with Gasteiger partial charge in [0.25, 0.3) is 0 Å². The Morgan fingerprint density at radius 1 is 1.22 bits per heavy atom. The molecule has 2 fully saturated rings. The van der Waals surface area contributed by atoms with E-state index >= 15 is 0 Å². The number of hydrogen-bond donors (Lipinski definition) is 0. The Morgan fingerprint density at radius 3 is 2.56 bits per heavy atom. The van der Waals surface area contributed by atoms with E-state index < -0.39 is 0 Å². The number of hydrogen-bond acceptors (Lipinski definition) is 3. The minimum atomic E-state index is -0.208. The third-order valence-corrected chi connectivity index (χ3v) is 3.52. The van der Waals surface area contributed by atoms with E-state index in [1.54, 1.807) is 4.90 Å². The summed E-state index contributed by atoms with van der Waals surface area (Å²) < 4.78 is 10.8. The zero-order valence-electron chi connectivity index (χ0n) is 10.2. The summed E-state index contributed by atoms with van der Waals surface area (Å²) in [6, 6.07) is 9.75. The van der Waals surface area contributed by atoms with Crippen molar-refractivity contribution in [2.24, 2.45) is 0 Å². The second kappa shape index (κ2) is 4.98. The summed E-state index contributed by atoms with van der Waals surface area (Å²) in [4.78, 5) is 13.7. The van der Waals surface area contributed by atoms with Crippen LogP contribution in [0.1, 0.15) is 18.4 Å². The molecule has 0 aliphatic carbocycles. The lowest BCUT2D eigenvalue weighted by molar-refractivity contribution is 0.0936. The zero-order chi connectivity index (χ0) is 12.4. The van der Waals surface area contributed by atoms with Crippen LogP contribution < -0.4 is 0 Å². The largest absolute Gasteiger partial charge is 0.445 e. The fourth-order valence-electron chi connectivity index (χ4n) is 2.36. The van der Waals surface area contributed by atoms with Gasteiger partial charge in [0.2, 0.25) is 0 Å². The van der Waals surface area contributed by atoms with Crippen LogP contribution in [0.3, 0.4) is 0 Å². The lowest BCUT2D eigenvalue weighted by Gasteiger charge is -2.20. The average molecular weight is 247 g/mol. The molecule has 0 aromatic heterocycles. The molecule has 0 unspecified atom stereocenters. The van der Waals surface area contributed by atoms with E-state index in [4.69, 9.17) is 9.47 Å². The van der Waals surface area contributed by atoms with Crippen LogP contribution in [0.5, 0.6) is 0 Å². The molecule has 0 spiro atoms. The van der Waals surface area contributed by atoms with Crippen LogP contribution in [0.25, 0.3) is 0 Å². The summed E-state index contributed by atoms with van der Waals surface area (Å²) in [5.74, 6) is 0. The van der Waals surface area contributed by atoms with Gasteiger partial charge in [-0.3, -0.25) is 0 Å². The Morgan fingerprint density at radius 2 is 1.89 bits per heavy atom. The molecule has 18 heavy (non-hydrogen) atoms. The van der Waals surface area contributed by atoms with Gasteiger partial charge in [-0.15, -0.1) is 0 Å². The maximum absolute atomic E-state index is 11.9.